The number of amides is 2. The zero-order valence-electron chi connectivity index (χ0n) is 25.6. The molecule has 0 radical (unpaired) electrons. The molecule has 3 unspecified atom stereocenters. The highest BCUT2D eigenvalue weighted by Crippen LogP contribution is 2.27. The van der Waals surface area contributed by atoms with Crippen LogP contribution in [0.5, 0.6) is 0 Å². The van der Waals surface area contributed by atoms with Crippen molar-refractivity contribution in [2.75, 3.05) is 31.6 Å². The molecule has 2 heterocycles. The molecule has 1 aromatic carbocycles. The molecule has 0 aliphatic carbocycles. The number of rotatable bonds is 13. The molecule has 43 heavy (non-hydrogen) atoms. The van der Waals surface area contributed by atoms with Gasteiger partial charge in [-0.3, -0.25) is 14.4 Å². The van der Waals surface area contributed by atoms with Crippen LogP contribution in [0.15, 0.2) is 41.4 Å². The van der Waals surface area contributed by atoms with Gasteiger partial charge in [-0.1, -0.05) is 44.5 Å². The molecule has 1 saturated heterocycles. The van der Waals surface area contributed by atoms with Crippen LogP contribution in [0, 0.1) is 26.2 Å². The van der Waals surface area contributed by atoms with Crippen molar-refractivity contribution in [1.29, 1.82) is 0 Å². The number of anilines is 1. The highest BCUT2D eigenvalue weighted by atomic mass is 32.2. The second-order valence-electron chi connectivity index (χ2n) is 12.2. The van der Waals surface area contributed by atoms with Gasteiger partial charge in [0.1, 0.15) is 18.5 Å². The van der Waals surface area contributed by atoms with Crippen molar-refractivity contribution in [3.63, 3.8) is 0 Å². The average molecular weight is 618 g/mol. The number of hydrogen-bond acceptors (Lipinski definition) is 8. The number of likely N-dealkylation sites (tertiary alicyclic amines) is 1. The van der Waals surface area contributed by atoms with Gasteiger partial charge in [0.2, 0.25) is 21.8 Å². The van der Waals surface area contributed by atoms with Crippen molar-refractivity contribution in [1.82, 2.24) is 19.9 Å². The Morgan fingerprint density at radius 3 is 2.40 bits per heavy atom. The molecular weight excluding hydrogens is 574 g/mol. The van der Waals surface area contributed by atoms with Crippen LogP contribution in [0.3, 0.4) is 0 Å². The number of pyridine rings is 1. The lowest BCUT2D eigenvalue weighted by molar-refractivity contribution is -0.139. The minimum atomic E-state index is -4.18. The Balaban J connectivity index is 1.58. The van der Waals surface area contributed by atoms with Gasteiger partial charge in [0.15, 0.2) is 0 Å². The van der Waals surface area contributed by atoms with Crippen LogP contribution in [0.4, 0.5) is 5.82 Å². The van der Waals surface area contributed by atoms with Crippen molar-refractivity contribution in [2.45, 2.75) is 77.5 Å². The molecule has 4 N–H and O–H groups in total. The number of hydrogen-bond donors (Lipinski definition) is 4. The lowest BCUT2D eigenvalue weighted by Crippen LogP contribution is -2.49. The summed E-state index contributed by atoms with van der Waals surface area (Å²) in [6.07, 6.45) is 2.12. The summed E-state index contributed by atoms with van der Waals surface area (Å²) in [5, 5.41) is 15.3. The van der Waals surface area contributed by atoms with E-state index >= 15 is 0 Å². The number of carbonyl (C=O) groups is 3. The van der Waals surface area contributed by atoms with Gasteiger partial charge in [0.05, 0.1) is 17.0 Å². The maximum atomic E-state index is 13.1. The first-order valence-corrected chi connectivity index (χ1v) is 15.7. The van der Waals surface area contributed by atoms with Crippen molar-refractivity contribution in [3.05, 3.63) is 53.2 Å². The lowest BCUT2D eigenvalue weighted by Gasteiger charge is -2.28. The minimum absolute atomic E-state index is 0.00786. The standard InChI is InChI=1S/C30H43N5O7S/c1-19-11-20(2)28(21(3)12-19)43(40,41)34-24(29(38)39)16-33-26(36)18-42-23-13-22(15-32-25-9-7-8-10-31-25)35(17-23)27(37)14-30(4,5)6/h7-12,22-24,34H,13-18H2,1-6H3,(H,31,32)(H,33,36)(H,38,39). The van der Waals surface area contributed by atoms with E-state index in [2.05, 4.69) is 20.3 Å². The largest absolute Gasteiger partial charge is 0.480 e. The van der Waals surface area contributed by atoms with Crippen LogP contribution in [-0.4, -0.2) is 85.6 Å². The topological polar surface area (TPSA) is 167 Å². The SMILES string of the molecule is Cc1cc(C)c(S(=O)(=O)NC(CNC(=O)COC2CC(CNc3ccccn3)N(C(=O)CC(C)(C)C)C2)C(=O)O)c(C)c1. The maximum absolute atomic E-state index is 13.1. The molecule has 3 rings (SSSR count). The molecule has 13 heteroatoms. The maximum Gasteiger partial charge on any atom is 0.323 e. The van der Waals surface area contributed by atoms with Gasteiger partial charge in [-0.2, -0.15) is 4.72 Å². The lowest BCUT2D eigenvalue weighted by atomic mass is 9.91. The summed E-state index contributed by atoms with van der Waals surface area (Å²) in [6.45, 7) is 11.0. The summed E-state index contributed by atoms with van der Waals surface area (Å²) in [5.74, 6) is -1.35. The highest BCUT2D eigenvalue weighted by Gasteiger charge is 2.37. The average Bonchev–Trinajstić information content (AvgIpc) is 3.30. The molecule has 12 nitrogen and oxygen atoms in total. The van der Waals surface area contributed by atoms with E-state index in [1.54, 1.807) is 37.1 Å². The molecular formula is C30H43N5O7S. The van der Waals surface area contributed by atoms with E-state index < -0.39 is 40.6 Å². The zero-order valence-corrected chi connectivity index (χ0v) is 26.5. The van der Waals surface area contributed by atoms with E-state index in [9.17, 15) is 27.9 Å². The van der Waals surface area contributed by atoms with Crippen molar-refractivity contribution in [2.24, 2.45) is 5.41 Å². The Morgan fingerprint density at radius 2 is 1.81 bits per heavy atom. The molecule has 0 spiro atoms. The first-order chi connectivity index (χ1) is 20.1. The van der Waals surface area contributed by atoms with Crippen LogP contribution in [0.25, 0.3) is 0 Å². The molecule has 1 fully saturated rings. The fourth-order valence-corrected chi connectivity index (χ4v) is 6.86. The Kier molecular flexibility index (Phi) is 11.3. The Labute approximate surface area is 253 Å². The molecule has 2 aromatic rings. The summed E-state index contributed by atoms with van der Waals surface area (Å²) in [6, 6.07) is 7.16. The van der Waals surface area contributed by atoms with Crippen molar-refractivity contribution in [3.8, 4) is 0 Å². The number of aromatic nitrogens is 1. The quantitative estimate of drug-likeness (QED) is 0.264. The van der Waals surface area contributed by atoms with Crippen LogP contribution < -0.4 is 15.4 Å². The molecule has 1 aromatic heterocycles. The second-order valence-corrected chi connectivity index (χ2v) is 13.9. The predicted octanol–water partition coefficient (Wildman–Crippen LogP) is 2.39. The molecule has 3 atom stereocenters. The first kappa shape index (κ1) is 33.9. The predicted molar refractivity (Wildman–Crippen MR) is 162 cm³/mol. The summed E-state index contributed by atoms with van der Waals surface area (Å²) in [7, 11) is -4.18. The fraction of sp³-hybridized carbons (Fsp3) is 0.533. The van der Waals surface area contributed by atoms with Gasteiger partial charge in [0.25, 0.3) is 0 Å². The molecule has 1 aliphatic rings. The van der Waals surface area contributed by atoms with Gasteiger partial charge >= 0.3 is 5.97 Å². The molecule has 1 aliphatic heterocycles. The summed E-state index contributed by atoms with van der Waals surface area (Å²) in [4.78, 5) is 43.6. The monoisotopic (exact) mass is 617 g/mol. The van der Waals surface area contributed by atoms with E-state index in [-0.39, 0.29) is 28.9 Å². The van der Waals surface area contributed by atoms with E-state index in [0.29, 0.717) is 42.9 Å². The van der Waals surface area contributed by atoms with Gasteiger partial charge in [-0.25, -0.2) is 13.4 Å². The number of sulfonamides is 1. The van der Waals surface area contributed by atoms with Gasteiger partial charge in [-0.05, 0) is 55.9 Å². The number of carbonyl (C=O) groups excluding carboxylic acids is 2. The summed E-state index contributed by atoms with van der Waals surface area (Å²) in [5.41, 5.74) is 1.67. The van der Waals surface area contributed by atoms with E-state index in [4.69, 9.17) is 4.74 Å². The first-order valence-electron chi connectivity index (χ1n) is 14.2. The third-order valence-electron chi connectivity index (χ3n) is 6.98. The summed E-state index contributed by atoms with van der Waals surface area (Å²) < 4.78 is 34.1. The number of nitrogens with one attached hydrogen (secondary N) is 3. The molecule has 0 bridgehead atoms. The normalized spacial score (nSPS) is 17.9. The number of ether oxygens (including phenoxy) is 1. The summed E-state index contributed by atoms with van der Waals surface area (Å²) >= 11 is 0. The zero-order chi connectivity index (χ0) is 31.9. The minimum Gasteiger partial charge on any atom is -0.480 e. The van der Waals surface area contributed by atoms with Gasteiger partial charge in [0, 0.05) is 32.3 Å². The number of benzene rings is 1. The third kappa shape index (κ3) is 10.0. The number of carboxylic acids is 1. The van der Waals surface area contributed by atoms with E-state index in [0.717, 1.165) is 5.56 Å². The number of aryl methyl sites for hydroxylation is 3. The van der Waals surface area contributed by atoms with Crippen LogP contribution in [-0.2, 0) is 29.1 Å². The highest BCUT2D eigenvalue weighted by molar-refractivity contribution is 7.89. The number of aliphatic carboxylic acids is 1. The van der Waals surface area contributed by atoms with Crippen LogP contribution in [0.2, 0.25) is 0 Å². The second kappa shape index (κ2) is 14.3. The molecule has 2 amide bonds. The van der Waals surface area contributed by atoms with Crippen molar-refractivity contribution >= 4 is 33.6 Å². The van der Waals surface area contributed by atoms with Gasteiger partial charge in [-0.15, -0.1) is 0 Å². The smallest absolute Gasteiger partial charge is 0.323 e. The molecule has 0 saturated carbocycles. The van der Waals surface area contributed by atoms with Crippen LogP contribution >= 0.6 is 0 Å². The van der Waals surface area contributed by atoms with Crippen LogP contribution in [0.1, 0.15) is 50.3 Å². The van der Waals surface area contributed by atoms with E-state index in [1.165, 1.54) is 0 Å². The van der Waals surface area contributed by atoms with Crippen molar-refractivity contribution < 1.29 is 32.6 Å². The number of nitrogens with zero attached hydrogens (tertiary/aromatic N) is 2. The third-order valence-corrected chi connectivity index (χ3v) is 8.76. The fourth-order valence-electron chi connectivity index (χ4n) is 5.22. The van der Waals surface area contributed by atoms with E-state index in [1.807, 2.05) is 45.9 Å². The Morgan fingerprint density at radius 1 is 1.14 bits per heavy atom. The number of carboxylic acid groups (broad SMARTS) is 1. The van der Waals surface area contributed by atoms with Gasteiger partial charge < -0.3 is 25.4 Å². The Hall–Kier alpha value is -3.55. The molecule has 236 valence electrons. The Bertz CT molecular complexity index is 1390.